The minimum Gasteiger partial charge on any atom is -0.481 e. The van der Waals surface area contributed by atoms with Crippen molar-refractivity contribution in [3.8, 4) is 0 Å². The first-order valence-corrected chi connectivity index (χ1v) is 6.22. The van der Waals surface area contributed by atoms with Gasteiger partial charge in [-0.2, -0.15) is 0 Å². The average Bonchev–Trinajstić information content (AvgIpc) is 2.24. The van der Waals surface area contributed by atoms with Gasteiger partial charge in [-0.3, -0.25) is 4.79 Å². The second kappa shape index (κ2) is 6.72. The Balaban J connectivity index is 2.84. The van der Waals surface area contributed by atoms with Gasteiger partial charge in [0.1, 0.15) is 0 Å². The van der Waals surface area contributed by atoms with Gasteiger partial charge in [0.15, 0.2) is 0 Å². The third-order valence-electron chi connectivity index (χ3n) is 2.34. The van der Waals surface area contributed by atoms with E-state index in [1.807, 2.05) is 17.9 Å². The second-order valence-corrected chi connectivity index (χ2v) is 4.57. The Hall–Kier alpha value is -0.930. The van der Waals surface area contributed by atoms with Crippen LogP contribution in [0.4, 0.5) is 5.69 Å². The molecule has 5 heteroatoms. The van der Waals surface area contributed by atoms with Crippen molar-refractivity contribution in [2.45, 2.75) is 19.8 Å². The van der Waals surface area contributed by atoms with Gasteiger partial charge in [0, 0.05) is 18.1 Å². The molecular formula is C12H15Cl2NO2. The molecule has 17 heavy (non-hydrogen) atoms. The molecule has 1 aromatic rings. The summed E-state index contributed by atoms with van der Waals surface area (Å²) in [6, 6.07) is 5.25. The zero-order valence-electron chi connectivity index (χ0n) is 9.62. The number of hydrogen-bond donors (Lipinski definition) is 1. The summed E-state index contributed by atoms with van der Waals surface area (Å²) in [6.07, 6.45) is 1.03. The van der Waals surface area contributed by atoms with Crippen molar-refractivity contribution in [1.82, 2.24) is 0 Å². The number of anilines is 1. The molecule has 0 saturated heterocycles. The Bertz CT molecular complexity index is 396. The first-order chi connectivity index (χ1) is 8.04. The Morgan fingerprint density at radius 1 is 1.35 bits per heavy atom. The summed E-state index contributed by atoms with van der Waals surface area (Å²) in [7, 11) is 0. The van der Waals surface area contributed by atoms with Crippen molar-refractivity contribution in [2.24, 2.45) is 0 Å². The van der Waals surface area contributed by atoms with Gasteiger partial charge in [0.2, 0.25) is 0 Å². The maximum atomic E-state index is 10.6. The Labute approximate surface area is 111 Å². The molecular weight excluding hydrogens is 261 g/mol. The maximum absolute atomic E-state index is 10.6. The van der Waals surface area contributed by atoms with Crippen LogP contribution >= 0.6 is 23.2 Å². The molecule has 1 aromatic carbocycles. The lowest BCUT2D eigenvalue weighted by Gasteiger charge is -2.24. The lowest BCUT2D eigenvalue weighted by molar-refractivity contribution is -0.136. The third-order valence-corrected chi connectivity index (χ3v) is 2.88. The van der Waals surface area contributed by atoms with Crippen LogP contribution in [0, 0.1) is 0 Å². The summed E-state index contributed by atoms with van der Waals surface area (Å²) in [5.74, 6) is -0.809. The van der Waals surface area contributed by atoms with Gasteiger partial charge in [-0.15, -0.1) is 0 Å². The first-order valence-electron chi connectivity index (χ1n) is 5.46. The van der Waals surface area contributed by atoms with Crippen LogP contribution in [0.2, 0.25) is 10.0 Å². The van der Waals surface area contributed by atoms with E-state index >= 15 is 0 Å². The molecule has 3 nitrogen and oxygen atoms in total. The summed E-state index contributed by atoms with van der Waals surface area (Å²) >= 11 is 11.9. The third kappa shape index (κ3) is 4.44. The molecule has 0 fully saturated rings. The van der Waals surface area contributed by atoms with Crippen molar-refractivity contribution < 1.29 is 9.90 Å². The van der Waals surface area contributed by atoms with E-state index in [1.165, 1.54) is 0 Å². The quantitative estimate of drug-likeness (QED) is 0.861. The van der Waals surface area contributed by atoms with Gasteiger partial charge in [-0.1, -0.05) is 30.1 Å². The molecule has 0 aliphatic heterocycles. The van der Waals surface area contributed by atoms with Crippen LogP contribution in [0.5, 0.6) is 0 Å². The smallest absolute Gasteiger partial charge is 0.305 e. The minimum absolute atomic E-state index is 0.0962. The van der Waals surface area contributed by atoms with E-state index in [-0.39, 0.29) is 6.42 Å². The van der Waals surface area contributed by atoms with Crippen LogP contribution < -0.4 is 4.90 Å². The van der Waals surface area contributed by atoms with E-state index in [4.69, 9.17) is 28.3 Å². The molecule has 0 bridgehead atoms. The summed E-state index contributed by atoms with van der Waals surface area (Å²) in [6.45, 7) is 3.26. The van der Waals surface area contributed by atoms with Gasteiger partial charge in [-0.25, -0.2) is 0 Å². The number of carboxylic acid groups (broad SMARTS) is 1. The molecule has 1 rings (SSSR count). The SMILES string of the molecule is CCCN(CCC(=O)O)c1ccc(Cl)cc1Cl. The molecule has 0 aliphatic carbocycles. The van der Waals surface area contributed by atoms with E-state index < -0.39 is 5.97 Å². The van der Waals surface area contributed by atoms with Gasteiger partial charge < -0.3 is 10.0 Å². The zero-order valence-corrected chi connectivity index (χ0v) is 11.1. The standard InChI is InChI=1S/C12H15Cl2NO2/c1-2-6-15(7-5-12(16)17)11-4-3-9(13)8-10(11)14/h3-4,8H,2,5-7H2,1H3,(H,16,17). The molecule has 0 aromatic heterocycles. The normalized spacial score (nSPS) is 10.3. The molecule has 0 saturated carbocycles. The van der Waals surface area contributed by atoms with E-state index in [0.717, 1.165) is 18.7 Å². The van der Waals surface area contributed by atoms with Crippen LogP contribution in [0.15, 0.2) is 18.2 Å². The highest BCUT2D eigenvalue weighted by Gasteiger charge is 2.11. The number of carboxylic acids is 1. The molecule has 94 valence electrons. The van der Waals surface area contributed by atoms with Gasteiger partial charge in [0.05, 0.1) is 17.1 Å². The second-order valence-electron chi connectivity index (χ2n) is 3.73. The number of hydrogen-bond acceptors (Lipinski definition) is 2. The highest BCUT2D eigenvalue weighted by atomic mass is 35.5. The highest BCUT2D eigenvalue weighted by molar-refractivity contribution is 6.36. The van der Waals surface area contributed by atoms with Crippen LogP contribution in [0.25, 0.3) is 0 Å². The fourth-order valence-electron chi connectivity index (χ4n) is 1.59. The number of aliphatic carboxylic acids is 1. The first kappa shape index (κ1) is 14.1. The summed E-state index contributed by atoms with van der Waals surface area (Å²) in [5.41, 5.74) is 0.833. The average molecular weight is 276 g/mol. The molecule has 0 spiro atoms. The Morgan fingerprint density at radius 3 is 2.59 bits per heavy atom. The van der Waals surface area contributed by atoms with Crippen molar-refractivity contribution in [3.63, 3.8) is 0 Å². The summed E-state index contributed by atoms with van der Waals surface area (Å²) in [5, 5.41) is 9.84. The molecule has 0 amide bonds. The summed E-state index contributed by atoms with van der Waals surface area (Å²) < 4.78 is 0. The molecule has 0 unspecified atom stereocenters. The van der Waals surface area contributed by atoms with Gasteiger partial charge in [0.25, 0.3) is 0 Å². The van der Waals surface area contributed by atoms with Crippen LogP contribution in [0.1, 0.15) is 19.8 Å². The fraction of sp³-hybridized carbons (Fsp3) is 0.417. The van der Waals surface area contributed by atoms with Crippen LogP contribution in [-0.2, 0) is 4.79 Å². The van der Waals surface area contributed by atoms with Crippen molar-refractivity contribution in [3.05, 3.63) is 28.2 Å². The topological polar surface area (TPSA) is 40.5 Å². The van der Waals surface area contributed by atoms with E-state index in [2.05, 4.69) is 0 Å². The number of rotatable bonds is 6. The van der Waals surface area contributed by atoms with E-state index in [0.29, 0.717) is 16.6 Å². The molecule has 0 aliphatic rings. The van der Waals surface area contributed by atoms with Crippen molar-refractivity contribution >= 4 is 34.9 Å². The molecule has 0 atom stereocenters. The number of nitrogens with zero attached hydrogens (tertiary/aromatic N) is 1. The predicted molar refractivity (Wildman–Crippen MR) is 71.2 cm³/mol. The van der Waals surface area contributed by atoms with Crippen LogP contribution in [-0.4, -0.2) is 24.2 Å². The zero-order chi connectivity index (χ0) is 12.8. The Morgan fingerprint density at radius 2 is 2.06 bits per heavy atom. The number of carbonyl (C=O) groups is 1. The lowest BCUT2D eigenvalue weighted by Crippen LogP contribution is -2.27. The monoisotopic (exact) mass is 275 g/mol. The predicted octanol–water partition coefficient (Wildman–Crippen LogP) is 3.68. The van der Waals surface area contributed by atoms with E-state index in [9.17, 15) is 4.79 Å². The van der Waals surface area contributed by atoms with Crippen molar-refractivity contribution in [2.75, 3.05) is 18.0 Å². The van der Waals surface area contributed by atoms with Gasteiger partial charge >= 0.3 is 5.97 Å². The largest absolute Gasteiger partial charge is 0.481 e. The Kier molecular flexibility index (Phi) is 5.59. The fourth-order valence-corrected chi connectivity index (χ4v) is 2.12. The lowest BCUT2D eigenvalue weighted by atomic mass is 10.2. The molecule has 0 heterocycles. The number of benzene rings is 1. The summed E-state index contributed by atoms with van der Waals surface area (Å²) in [4.78, 5) is 12.6. The minimum atomic E-state index is -0.809. The number of halogens is 2. The molecule has 1 N–H and O–H groups in total. The highest BCUT2D eigenvalue weighted by Crippen LogP contribution is 2.29. The van der Waals surface area contributed by atoms with Crippen LogP contribution in [0.3, 0.4) is 0 Å². The molecule has 0 radical (unpaired) electrons. The van der Waals surface area contributed by atoms with E-state index in [1.54, 1.807) is 12.1 Å². The van der Waals surface area contributed by atoms with Crippen molar-refractivity contribution in [1.29, 1.82) is 0 Å². The maximum Gasteiger partial charge on any atom is 0.305 e. The van der Waals surface area contributed by atoms with Gasteiger partial charge in [-0.05, 0) is 24.6 Å².